The van der Waals surface area contributed by atoms with Crippen LogP contribution in [0, 0.1) is 6.92 Å². The van der Waals surface area contributed by atoms with Gasteiger partial charge >= 0.3 is 0 Å². The Bertz CT molecular complexity index is 620. The van der Waals surface area contributed by atoms with E-state index in [4.69, 9.17) is 10.5 Å². The van der Waals surface area contributed by atoms with Crippen LogP contribution in [-0.4, -0.2) is 16.6 Å². The molecule has 0 bridgehead atoms. The highest BCUT2D eigenvalue weighted by molar-refractivity contribution is 5.59. The van der Waals surface area contributed by atoms with Crippen molar-refractivity contribution < 1.29 is 4.74 Å². The van der Waals surface area contributed by atoms with E-state index in [0.717, 1.165) is 11.3 Å². The molecule has 0 fully saturated rings. The van der Waals surface area contributed by atoms with E-state index < -0.39 is 0 Å². The Morgan fingerprint density at radius 2 is 2.22 bits per heavy atom. The highest BCUT2D eigenvalue weighted by atomic mass is 16.5. The molecule has 2 rings (SSSR count). The number of nitrogens with one attached hydrogen (secondary N) is 1. The molecule has 94 valence electrons. The van der Waals surface area contributed by atoms with Crippen molar-refractivity contribution in [1.82, 2.24) is 9.97 Å². The second-order valence-electron chi connectivity index (χ2n) is 3.89. The summed E-state index contributed by atoms with van der Waals surface area (Å²) in [6.45, 7) is 4.14. The van der Waals surface area contributed by atoms with Crippen LogP contribution < -0.4 is 16.0 Å². The second kappa shape index (κ2) is 4.91. The van der Waals surface area contributed by atoms with Crippen molar-refractivity contribution in [3.8, 4) is 17.1 Å². The van der Waals surface area contributed by atoms with Gasteiger partial charge in [-0.2, -0.15) is 0 Å². The average molecular weight is 245 g/mol. The third-order valence-electron chi connectivity index (χ3n) is 2.61. The van der Waals surface area contributed by atoms with Crippen LogP contribution in [0.1, 0.15) is 12.5 Å². The number of anilines is 1. The first-order valence-electron chi connectivity index (χ1n) is 5.71. The SMILES string of the molecule is CCOc1cccc(-c2nc(N)c(C)c(=O)[nH]2)c1. The minimum atomic E-state index is -0.223. The van der Waals surface area contributed by atoms with Crippen molar-refractivity contribution >= 4 is 5.82 Å². The Morgan fingerprint density at radius 3 is 2.89 bits per heavy atom. The van der Waals surface area contributed by atoms with Crippen LogP contribution in [-0.2, 0) is 0 Å². The Balaban J connectivity index is 2.48. The molecule has 0 saturated carbocycles. The Labute approximate surface area is 105 Å². The standard InChI is InChI=1S/C13H15N3O2/c1-3-18-10-6-4-5-9(7-10)12-15-11(14)8(2)13(17)16-12/h4-7H,3H2,1-2H3,(H3,14,15,16,17). The van der Waals surface area contributed by atoms with E-state index in [0.29, 0.717) is 18.0 Å². The molecule has 3 N–H and O–H groups in total. The molecule has 5 heteroatoms. The topological polar surface area (TPSA) is 81.0 Å². The minimum absolute atomic E-state index is 0.223. The predicted molar refractivity (Wildman–Crippen MR) is 70.6 cm³/mol. The number of hydrogen-bond acceptors (Lipinski definition) is 4. The molecule has 1 aromatic heterocycles. The molecule has 2 aromatic rings. The lowest BCUT2D eigenvalue weighted by atomic mass is 10.2. The quantitative estimate of drug-likeness (QED) is 0.862. The molecule has 0 unspecified atom stereocenters. The van der Waals surface area contributed by atoms with Gasteiger partial charge in [-0.25, -0.2) is 4.98 Å². The van der Waals surface area contributed by atoms with E-state index in [2.05, 4.69) is 9.97 Å². The number of nitrogens with zero attached hydrogens (tertiary/aromatic N) is 1. The number of ether oxygens (including phenoxy) is 1. The lowest BCUT2D eigenvalue weighted by Crippen LogP contribution is -2.15. The monoisotopic (exact) mass is 245 g/mol. The smallest absolute Gasteiger partial charge is 0.256 e. The number of hydrogen-bond donors (Lipinski definition) is 2. The van der Waals surface area contributed by atoms with Gasteiger partial charge in [-0.3, -0.25) is 4.79 Å². The van der Waals surface area contributed by atoms with Crippen LogP contribution in [0.15, 0.2) is 29.1 Å². The Kier molecular flexibility index (Phi) is 3.32. The van der Waals surface area contributed by atoms with Crippen LogP contribution in [0.2, 0.25) is 0 Å². The van der Waals surface area contributed by atoms with Crippen molar-refractivity contribution in [3.63, 3.8) is 0 Å². The molecule has 18 heavy (non-hydrogen) atoms. The van der Waals surface area contributed by atoms with E-state index in [1.807, 2.05) is 31.2 Å². The van der Waals surface area contributed by atoms with Gasteiger partial charge in [0.2, 0.25) is 0 Å². The highest BCUT2D eigenvalue weighted by Crippen LogP contribution is 2.21. The lowest BCUT2D eigenvalue weighted by Gasteiger charge is -2.07. The van der Waals surface area contributed by atoms with Gasteiger partial charge in [-0.1, -0.05) is 12.1 Å². The number of nitrogens with two attached hydrogens (primary N) is 1. The van der Waals surface area contributed by atoms with Crippen molar-refractivity contribution in [3.05, 3.63) is 40.2 Å². The number of benzene rings is 1. The molecule has 1 heterocycles. The second-order valence-corrected chi connectivity index (χ2v) is 3.89. The summed E-state index contributed by atoms with van der Waals surface area (Å²) >= 11 is 0. The van der Waals surface area contributed by atoms with E-state index >= 15 is 0 Å². The van der Waals surface area contributed by atoms with Crippen LogP contribution in [0.3, 0.4) is 0 Å². The first kappa shape index (κ1) is 12.2. The number of aromatic nitrogens is 2. The van der Waals surface area contributed by atoms with Crippen LogP contribution in [0.4, 0.5) is 5.82 Å². The Hall–Kier alpha value is -2.30. The number of rotatable bonds is 3. The summed E-state index contributed by atoms with van der Waals surface area (Å²) in [5, 5.41) is 0. The molecule has 0 aliphatic carbocycles. The molecule has 1 aromatic carbocycles. The maximum absolute atomic E-state index is 11.6. The lowest BCUT2D eigenvalue weighted by molar-refractivity contribution is 0.340. The summed E-state index contributed by atoms with van der Waals surface area (Å²) in [6.07, 6.45) is 0. The van der Waals surface area contributed by atoms with Crippen molar-refractivity contribution in [2.75, 3.05) is 12.3 Å². The molecular formula is C13H15N3O2. The van der Waals surface area contributed by atoms with Crippen LogP contribution in [0.25, 0.3) is 11.4 Å². The van der Waals surface area contributed by atoms with Crippen molar-refractivity contribution in [2.45, 2.75) is 13.8 Å². The molecule has 5 nitrogen and oxygen atoms in total. The van der Waals surface area contributed by atoms with E-state index in [1.165, 1.54) is 0 Å². The third kappa shape index (κ3) is 2.34. The molecule has 0 radical (unpaired) electrons. The maximum atomic E-state index is 11.6. The van der Waals surface area contributed by atoms with E-state index in [1.54, 1.807) is 6.92 Å². The van der Waals surface area contributed by atoms with Gasteiger partial charge in [-0.15, -0.1) is 0 Å². The van der Waals surface area contributed by atoms with E-state index in [-0.39, 0.29) is 11.4 Å². The highest BCUT2D eigenvalue weighted by Gasteiger charge is 2.07. The zero-order valence-corrected chi connectivity index (χ0v) is 10.4. The summed E-state index contributed by atoms with van der Waals surface area (Å²) in [5.74, 6) is 1.43. The van der Waals surface area contributed by atoms with Crippen molar-refractivity contribution in [1.29, 1.82) is 0 Å². The summed E-state index contributed by atoms with van der Waals surface area (Å²) in [6, 6.07) is 7.35. The van der Waals surface area contributed by atoms with Gasteiger partial charge in [0.15, 0.2) is 0 Å². The summed E-state index contributed by atoms with van der Waals surface area (Å²) in [7, 11) is 0. The van der Waals surface area contributed by atoms with Crippen LogP contribution in [0.5, 0.6) is 5.75 Å². The van der Waals surface area contributed by atoms with Gasteiger partial charge < -0.3 is 15.5 Å². The average Bonchev–Trinajstić information content (AvgIpc) is 2.36. The predicted octanol–water partition coefficient (Wildman–Crippen LogP) is 1.73. The van der Waals surface area contributed by atoms with E-state index in [9.17, 15) is 4.79 Å². The normalized spacial score (nSPS) is 10.3. The first-order valence-corrected chi connectivity index (χ1v) is 5.71. The molecule has 0 spiro atoms. The number of aromatic amines is 1. The first-order chi connectivity index (χ1) is 8.61. The summed E-state index contributed by atoms with van der Waals surface area (Å²) < 4.78 is 5.40. The zero-order chi connectivity index (χ0) is 13.1. The maximum Gasteiger partial charge on any atom is 0.256 e. The van der Waals surface area contributed by atoms with Gasteiger partial charge in [-0.05, 0) is 26.0 Å². The van der Waals surface area contributed by atoms with Crippen LogP contribution >= 0.6 is 0 Å². The molecule has 0 aliphatic rings. The Morgan fingerprint density at radius 1 is 1.44 bits per heavy atom. The summed E-state index contributed by atoms with van der Waals surface area (Å²) in [4.78, 5) is 18.5. The van der Waals surface area contributed by atoms with Gasteiger partial charge in [0.05, 0.1) is 12.2 Å². The van der Waals surface area contributed by atoms with Gasteiger partial charge in [0.25, 0.3) is 5.56 Å². The zero-order valence-electron chi connectivity index (χ0n) is 10.4. The fraction of sp³-hybridized carbons (Fsp3) is 0.231. The fourth-order valence-corrected chi connectivity index (χ4v) is 1.59. The van der Waals surface area contributed by atoms with Crippen molar-refractivity contribution in [2.24, 2.45) is 0 Å². The molecule has 0 atom stereocenters. The molecule has 0 saturated heterocycles. The fourth-order valence-electron chi connectivity index (χ4n) is 1.59. The molecule has 0 aliphatic heterocycles. The number of H-pyrrole nitrogens is 1. The minimum Gasteiger partial charge on any atom is -0.494 e. The van der Waals surface area contributed by atoms with Gasteiger partial charge in [0.1, 0.15) is 17.4 Å². The summed E-state index contributed by atoms with van der Waals surface area (Å²) in [5.41, 5.74) is 6.67. The third-order valence-corrected chi connectivity index (χ3v) is 2.61. The molecular weight excluding hydrogens is 230 g/mol. The number of nitrogen functional groups attached to an aromatic ring is 1. The molecule has 0 amide bonds. The van der Waals surface area contributed by atoms with Gasteiger partial charge in [0, 0.05) is 5.56 Å². The largest absolute Gasteiger partial charge is 0.494 e.